The number of halogens is 1. The van der Waals surface area contributed by atoms with E-state index in [-0.39, 0.29) is 17.7 Å². The fourth-order valence-electron chi connectivity index (χ4n) is 2.49. The Hall–Kier alpha value is -1.02. The second-order valence-electron chi connectivity index (χ2n) is 5.49. The number of nitrogens with two attached hydrogens (primary N) is 1. The van der Waals surface area contributed by atoms with E-state index in [9.17, 15) is 12.8 Å². The van der Waals surface area contributed by atoms with Crippen LogP contribution in [0.25, 0.3) is 0 Å². The Bertz CT molecular complexity index is 555. The number of hydrogen-bond acceptors (Lipinski definition) is 4. The molecule has 1 fully saturated rings. The van der Waals surface area contributed by atoms with Crippen LogP contribution in [0, 0.1) is 5.82 Å². The molecule has 0 aromatic heterocycles. The summed E-state index contributed by atoms with van der Waals surface area (Å²) in [4.78, 5) is 0. The van der Waals surface area contributed by atoms with Gasteiger partial charge in [0.15, 0.2) is 0 Å². The molecular weight excluding hydrogens is 307 g/mol. The van der Waals surface area contributed by atoms with E-state index in [1.165, 1.54) is 28.6 Å². The Kier molecular flexibility index (Phi) is 6.31. The third kappa shape index (κ3) is 5.01. The summed E-state index contributed by atoms with van der Waals surface area (Å²) in [6.07, 6.45) is 2.34. The topological polar surface area (TPSA) is 72.6 Å². The van der Waals surface area contributed by atoms with Crippen LogP contribution in [0.15, 0.2) is 24.3 Å². The fraction of sp³-hybridized carbons (Fsp3) is 0.600. The summed E-state index contributed by atoms with van der Waals surface area (Å²) in [5, 5.41) is 0. The highest BCUT2D eigenvalue weighted by Gasteiger charge is 2.28. The standard InChI is InChI=1S/C15H23FN2O3S/c16-14-4-2-13(3-5-14)12-22(19,20)18-9-6-15(7-10-18)21-11-1-8-17/h2-5,15H,1,6-12,17H2. The molecule has 1 aromatic carbocycles. The molecule has 0 bridgehead atoms. The number of piperidine rings is 1. The maximum Gasteiger partial charge on any atom is 0.218 e. The maximum atomic E-state index is 12.9. The van der Waals surface area contributed by atoms with Gasteiger partial charge in [0.1, 0.15) is 5.82 Å². The lowest BCUT2D eigenvalue weighted by molar-refractivity contribution is 0.0208. The molecule has 1 aromatic rings. The minimum absolute atomic E-state index is 0.0913. The third-order valence-electron chi connectivity index (χ3n) is 3.76. The first-order valence-corrected chi connectivity index (χ1v) is 9.16. The van der Waals surface area contributed by atoms with Crippen LogP contribution < -0.4 is 5.73 Å². The van der Waals surface area contributed by atoms with Gasteiger partial charge >= 0.3 is 0 Å². The van der Waals surface area contributed by atoms with Crippen molar-refractivity contribution >= 4 is 10.0 Å². The van der Waals surface area contributed by atoms with Crippen LogP contribution in [-0.4, -0.2) is 45.1 Å². The van der Waals surface area contributed by atoms with Gasteiger partial charge in [0.2, 0.25) is 10.0 Å². The quantitative estimate of drug-likeness (QED) is 0.769. The molecule has 0 spiro atoms. The molecule has 7 heteroatoms. The number of rotatable bonds is 7. The summed E-state index contributed by atoms with van der Waals surface area (Å²) in [5.74, 6) is -0.456. The van der Waals surface area contributed by atoms with E-state index >= 15 is 0 Å². The van der Waals surface area contributed by atoms with Crippen LogP contribution in [0.2, 0.25) is 0 Å². The zero-order chi connectivity index (χ0) is 16.0. The van der Waals surface area contributed by atoms with Crippen molar-refractivity contribution in [2.45, 2.75) is 31.1 Å². The van der Waals surface area contributed by atoms with Crippen LogP contribution in [-0.2, 0) is 20.5 Å². The number of nitrogens with zero attached hydrogens (tertiary/aromatic N) is 1. The van der Waals surface area contributed by atoms with E-state index in [4.69, 9.17) is 10.5 Å². The fourth-order valence-corrected chi connectivity index (χ4v) is 4.06. The first kappa shape index (κ1) is 17.3. The van der Waals surface area contributed by atoms with Crippen LogP contribution >= 0.6 is 0 Å². The average Bonchev–Trinajstić information content (AvgIpc) is 2.50. The summed E-state index contributed by atoms with van der Waals surface area (Å²) in [6, 6.07) is 5.58. The van der Waals surface area contributed by atoms with Gasteiger partial charge in [0.05, 0.1) is 11.9 Å². The molecule has 0 unspecified atom stereocenters. The Labute approximate surface area is 131 Å². The van der Waals surface area contributed by atoms with Crippen LogP contribution in [0.4, 0.5) is 4.39 Å². The van der Waals surface area contributed by atoms with Crippen molar-refractivity contribution < 1.29 is 17.5 Å². The summed E-state index contributed by atoms with van der Waals surface area (Å²) < 4.78 is 44.8. The van der Waals surface area contributed by atoms with E-state index in [1.807, 2.05) is 0 Å². The summed E-state index contributed by atoms with van der Waals surface area (Å²) in [7, 11) is -3.36. The van der Waals surface area contributed by atoms with Gasteiger partial charge in [-0.05, 0) is 43.5 Å². The lowest BCUT2D eigenvalue weighted by Gasteiger charge is -2.31. The van der Waals surface area contributed by atoms with Gasteiger partial charge in [-0.15, -0.1) is 0 Å². The lowest BCUT2D eigenvalue weighted by Crippen LogP contribution is -2.41. The average molecular weight is 330 g/mol. The molecule has 0 saturated carbocycles. The minimum Gasteiger partial charge on any atom is -0.378 e. The Morgan fingerprint density at radius 1 is 1.23 bits per heavy atom. The minimum atomic E-state index is -3.36. The Balaban J connectivity index is 1.85. The van der Waals surface area contributed by atoms with Gasteiger partial charge < -0.3 is 10.5 Å². The Morgan fingerprint density at radius 2 is 1.86 bits per heavy atom. The smallest absolute Gasteiger partial charge is 0.218 e. The van der Waals surface area contributed by atoms with Crippen LogP contribution in [0.5, 0.6) is 0 Å². The zero-order valence-corrected chi connectivity index (χ0v) is 13.4. The largest absolute Gasteiger partial charge is 0.378 e. The first-order valence-electron chi connectivity index (χ1n) is 7.55. The molecular formula is C15H23FN2O3S. The first-order chi connectivity index (χ1) is 10.5. The van der Waals surface area contributed by atoms with E-state index in [0.29, 0.717) is 44.6 Å². The molecule has 1 aliphatic rings. The van der Waals surface area contributed by atoms with Crippen LogP contribution in [0.1, 0.15) is 24.8 Å². The number of benzene rings is 1. The molecule has 124 valence electrons. The maximum absolute atomic E-state index is 12.9. The highest BCUT2D eigenvalue weighted by molar-refractivity contribution is 7.88. The molecule has 0 radical (unpaired) electrons. The summed E-state index contributed by atoms with van der Waals surface area (Å²) in [6.45, 7) is 2.17. The third-order valence-corrected chi connectivity index (χ3v) is 5.61. The number of ether oxygens (including phenoxy) is 1. The van der Waals surface area contributed by atoms with Crippen molar-refractivity contribution in [2.24, 2.45) is 5.73 Å². The molecule has 1 aliphatic heterocycles. The van der Waals surface area contributed by atoms with Gasteiger partial charge in [0, 0.05) is 19.7 Å². The van der Waals surface area contributed by atoms with E-state index < -0.39 is 10.0 Å². The molecule has 0 aliphatic carbocycles. The van der Waals surface area contributed by atoms with Crippen molar-refractivity contribution in [3.8, 4) is 0 Å². The number of sulfonamides is 1. The van der Waals surface area contributed by atoms with Crippen molar-refractivity contribution in [3.63, 3.8) is 0 Å². The highest BCUT2D eigenvalue weighted by atomic mass is 32.2. The van der Waals surface area contributed by atoms with Crippen molar-refractivity contribution in [1.82, 2.24) is 4.31 Å². The molecule has 1 saturated heterocycles. The monoisotopic (exact) mass is 330 g/mol. The lowest BCUT2D eigenvalue weighted by atomic mass is 10.1. The van der Waals surface area contributed by atoms with Crippen molar-refractivity contribution in [3.05, 3.63) is 35.6 Å². The molecule has 2 N–H and O–H groups in total. The van der Waals surface area contributed by atoms with Crippen molar-refractivity contribution in [1.29, 1.82) is 0 Å². The Morgan fingerprint density at radius 3 is 2.45 bits per heavy atom. The molecule has 5 nitrogen and oxygen atoms in total. The van der Waals surface area contributed by atoms with Crippen LogP contribution in [0.3, 0.4) is 0 Å². The molecule has 22 heavy (non-hydrogen) atoms. The molecule has 0 atom stereocenters. The second-order valence-corrected chi connectivity index (χ2v) is 7.46. The van der Waals surface area contributed by atoms with Gasteiger partial charge in [-0.1, -0.05) is 12.1 Å². The van der Waals surface area contributed by atoms with E-state index in [1.54, 1.807) is 0 Å². The van der Waals surface area contributed by atoms with Gasteiger partial charge in [-0.3, -0.25) is 0 Å². The number of hydrogen-bond donors (Lipinski definition) is 1. The summed E-state index contributed by atoms with van der Waals surface area (Å²) >= 11 is 0. The highest BCUT2D eigenvalue weighted by Crippen LogP contribution is 2.19. The van der Waals surface area contributed by atoms with Gasteiger partial charge in [-0.2, -0.15) is 0 Å². The van der Waals surface area contributed by atoms with Gasteiger partial charge in [-0.25, -0.2) is 17.1 Å². The molecule has 0 amide bonds. The summed E-state index contributed by atoms with van der Waals surface area (Å²) in [5.41, 5.74) is 6.01. The molecule has 1 heterocycles. The second kappa shape index (κ2) is 8.01. The zero-order valence-electron chi connectivity index (χ0n) is 12.6. The van der Waals surface area contributed by atoms with E-state index in [0.717, 1.165) is 6.42 Å². The van der Waals surface area contributed by atoms with Gasteiger partial charge in [0.25, 0.3) is 0 Å². The van der Waals surface area contributed by atoms with E-state index in [2.05, 4.69) is 0 Å². The predicted octanol–water partition coefficient (Wildman–Crippen LogP) is 1.49. The SMILES string of the molecule is NCCCOC1CCN(S(=O)(=O)Cc2ccc(F)cc2)CC1. The normalized spacial score (nSPS) is 17.7. The van der Waals surface area contributed by atoms with Crippen molar-refractivity contribution in [2.75, 3.05) is 26.2 Å². The molecule has 2 rings (SSSR count). The predicted molar refractivity (Wildman–Crippen MR) is 83.2 cm³/mol.